The summed E-state index contributed by atoms with van der Waals surface area (Å²) in [5.41, 5.74) is 6.40. The van der Waals surface area contributed by atoms with E-state index in [1.54, 1.807) is 13.3 Å². The molecular formula is C10H17N3O. The molecule has 1 aromatic rings. The molecule has 78 valence electrons. The largest absolute Gasteiger partial charge is 0.382 e. The van der Waals surface area contributed by atoms with Crippen LogP contribution < -0.4 is 11.1 Å². The molecular weight excluding hydrogens is 178 g/mol. The monoisotopic (exact) mass is 195 g/mol. The molecule has 0 fully saturated rings. The molecule has 0 radical (unpaired) electrons. The Morgan fingerprint density at radius 2 is 2.29 bits per heavy atom. The number of aromatic nitrogens is 1. The fourth-order valence-corrected chi connectivity index (χ4v) is 1.28. The van der Waals surface area contributed by atoms with Crippen molar-refractivity contribution in [1.29, 1.82) is 0 Å². The van der Waals surface area contributed by atoms with E-state index in [0.29, 0.717) is 12.4 Å². The van der Waals surface area contributed by atoms with Crippen molar-refractivity contribution in [1.82, 2.24) is 4.98 Å². The number of anilines is 2. The van der Waals surface area contributed by atoms with Crippen LogP contribution in [0.3, 0.4) is 0 Å². The highest BCUT2D eigenvalue weighted by Gasteiger charge is 2.17. The number of methoxy groups -OCH3 is 1. The molecule has 0 spiro atoms. The van der Waals surface area contributed by atoms with Gasteiger partial charge in [-0.3, -0.25) is 0 Å². The number of rotatable bonds is 4. The Bertz CT molecular complexity index is 299. The predicted octanol–water partition coefficient (Wildman–Crippen LogP) is 1.50. The summed E-state index contributed by atoms with van der Waals surface area (Å²) in [5, 5.41) is 3.27. The minimum atomic E-state index is -0.147. The summed E-state index contributed by atoms with van der Waals surface area (Å²) < 4.78 is 5.09. The maximum atomic E-state index is 5.71. The van der Waals surface area contributed by atoms with Gasteiger partial charge in [-0.1, -0.05) is 0 Å². The van der Waals surface area contributed by atoms with Gasteiger partial charge in [0, 0.05) is 13.3 Å². The minimum Gasteiger partial charge on any atom is -0.382 e. The molecule has 0 bridgehead atoms. The lowest BCUT2D eigenvalue weighted by atomic mass is 10.1. The van der Waals surface area contributed by atoms with Gasteiger partial charge in [0.05, 0.1) is 17.8 Å². The van der Waals surface area contributed by atoms with E-state index in [9.17, 15) is 0 Å². The van der Waals surface area contributed by atoms with Crippen LogP contribution >= 0.6 is 0 Å². The van der Waals surface area contributed by atoms with E-state index in [0.717, 1.165) is 5.69 Å². The van der Waals surface area contributed by atoms with Gasteiger partial charge in [-0.25, -0.2) is 4.98 Å². The van der Waals surface area contributed by atoms with Crippen LogP contribution in [0, 0.1) is 0 Å². The lowest BCUT2D eigenvalue weighted by Gasteiger charge is -2.26. The third kappa shape index (κ3) is 2.88. The number of hydrogen-bond donors (Lipinski definition) is 2. The Hall–Kier alpha value is -1.29. The highest BCUT2D eigenvalue weighted by Crippen LogP contribution is 2.19. The van der Waals surface area contributed by atoms with Gasteiger partial charge in [-0.2, -0.15) is 0 Å². The molecule has 3 N–H and O–H groups in total. The van der Waals surface area contributed by atoms with Crippen molar-refractivity contribution in [2.45, 2.75) is 19.4 Å². The predicted molar refractivity (Wildman–Crippen MR) is 58.2 cm³/mol. The number of nitrogen functional groups attached to an aromatic ring is 1. The van der Waals surface area contributed by atoms with E-state index in [1.807, 2.05) is 26.0 Å². The summed E-state index contributed by atoms with van der Waals surface area (Å²) >= 11 is 0. The van der Waals surface area contributed by atoms with Crippen molar-refractivity contribution < 1.29 is 4.74 Å². The molecule has 14 heavy (non-hydrogen) atoms. The molecule has 1 heterocycles. The Balaban J connectivity index is 2.73. The number of ether oxygens (including phenoxy) is 1. The molecule has 0 saturated heterocycles. The summed E-state index contributed by atoms with van der Waals surface area (Å²) in [4.78, 5) is 4.00. The van der Waals surface area contributed by atoms with Gasteiger partial charge in [-0.05, 0) is 26.0 Å². The topological polar surface area (TPSA) is 60.2 Å². The van der Waals surface area contributed by atoms with Crippen LogP contribution in [0.5, 0.6) is 0 Å². The molecule has 4 heteroatoms. The number of nitrogens with zero attached hydrogens (tertiary/aromatic N) is 1. The molecule has 1 rings (SSSR count). The van der Waals surface area contributed by atoms with Gasteiger partial charge < -0.3 is 15.8 Å². The van der Waals surface area contributed by atoms with Crippen molar-refractivity contribution in [2.24, 2.45) is 0 Å². The third-order valence-corrected chi connectivity index (χ3v) is 1.82. The van der Waals surface area contributed by atoms with Gasteiger partial charge in [0.2, 0.25) is 0 Å². The molecule has 0 aliphatic rings. The minimum absolute atomic E-state index is 0.147. The molecule has 0 atom stereocenters. The maximum Gasteiger partial charge on any atom is 0.146 e. The summed E-state index contributed by atoms with van der Waals surface area (Å²) in [6.45, 7) is 4.70. The van der Waals surface area contributed by atoms with Crippen molar-refractivity contribution >= 4 is 11.5 Å². The van der Waals surface area contributed by atoms with E-state index in [2.05, 4.69) is 10.3 Å². The molecule has 0 amide bonds. The SMILES string of the molecule is COCC(C)(C)Nc1cccnc1N. The fourth-order valence-electron chi connectivity index (χ4n) is 1.28. The van der Waals surface area contributed by atoms with Gasteiger partial charge in [0.1, 0.15) is 5.82 Å². The molecule has 1 aromatic heterocycles. The Morgan fingerprint density at radius 1 is 1.57 bits per heavy atom. The lowest BCUT2D eigenvalue weighted by Crippen LogP contribution is -2.36. The van der Waals surface area contributed by atoms with Gasteiger partial charge in [0.15, 0.2) is 0 Å². The fraction of sp³-hybridized carbons (Fsp3) is 0.500. The first-order chi connectivity index (χ1) is 6.55. The average Bonchev–Trinajstić information content (AvgIpc) is 2.08. The van der Waals surface area contributed by atoms with Crippen LogP contribution in [0.25, 0.3) is 0 Å². The smallest absolute Gasteiger partial charge is 0.146 e. The average molecular weight is 195 g/mol. The van der Waals surface area contributed by atoms with E-state index < -0.39 is 0 Å². The first-order valence-corrected chi connectivity index (χ1v) is 4.53. The number of nitrogens with one attached hydrogen (secondary N) is 1. The second-order valence-electron chi connectivity index (χ2n) is 3.88. The molecule has 0 unspecified atom stereocenters. The van der Waals surface area contributed by atoms with Crippen LogP contribution in [0.4, 0.5) is 11.5 Å². The maximum absolute atomic E-state index is 5.71. The number of nitrogens with two attached hydrogens (primary N) is 1. The second-order valence-corrected chi connectivity index (χ2v) is 3.88. The standard InChI is InChI=1S/C10H17N3O/c1-10(2,7-14-3)13-8-5-4-6-12-9(8)11/h4-6,13H,7H2,1-3H3,(H2,11,12). The van der Waals surface area contributed by atoms with Crippen molar-refractivity contribution in [3.63, 3.8) is 0 Å². The molecule has 0 saturated carbocycles. The Labute approximate surface area is 84.5 Å². The summed E-state index contributed by atoms with van der Waals surface area (Å²) in [5.74, 6) is 0.511. The molecule has 0 aromatic carbocycles. The van der Waals surface area contributed by atoms with Crippen LogP contribution in [-0.2, 0) is 4.74 Å². The Kier molecular flexibility index (Phi) is 3.30. The van der Waals surface area contributed by atoms with Gasteiger partial charge >= 0.3 is 0 Å². The van der Waals surface area contributed by atoms with Crippen molar-refractivity contribution in [3.05, 3.63) is 18.3 Å². The molecule has 4 nitrogen and oxygen atoms in total. The van der Waals surface area contributed by atoms with Crippen LogP contribution in [-0.4, -0.2) is 24.2 Å². The quantitative estimate of drug-likeness (QED) is 0.764. The number of pyridine rings is 1. The summed E-state index contributed by atoms with van der Waals surface area (Å²) in [6, 6.07) is 3.75. The van der Waals surface area contributed by atoms with Crippen LogP contribution in [0.2, 0.25) is 0 Å². The van der Waals surface area contributed by atoms with E-state index in [4.69, 9.17) is 10.5 Å². The van der Waals surface area contributed by atoms with Crippen LogP contribution in [0.15, 0.2) is 18.3 Å². The van der Waals surface area contributed by atoms with E-state index >= 15 is 0 Å². The number of hydrogen-bond acceptors (Lipinski definition) is 4. The second kappa shape index (κ2) is 4.28. The lowest BCUT2D eigenvalue weighted by molar-refractivity contribution is 0.158. The van der Waals surface area contributed by atoms with E-state index in [1.165, 1.54) is 0 Å². The molecule has 0 aliphatic heterocycles. The zero-order valence-corrected chi connectivity index (χ0v) is 8.87. The highest BCUT2D eigenvalue weighted by molar-refractivity contribution is 5.62. The first-order valence-electron chi connectivity index (χ1n) is 4.53. The Morgan fingerprint density at radius 3 is 2.86 bits per heavy atom. The highest BCUT2D eigenvalue weighted by atomic mass is 16.5. The van der Waals surface area contributed by atoms with Gasteiger partial charge in [0.25, 0.3) is 0 Å². The first kappa shape index (κ1) is 10.8. The van der Waals surface area contributed by atoms with Crippen molar-refractivity contribution in [2.75, 3.05) is 24.8 Å². The summed E-state index contributed by atoms with van der Waals surface area (Å²) in [7, 11) is 1.68. The summed E-state index contributed by atoms with van der Waals surface area (Å²) in [6.07, 6.45) is 1.67. The van der Waals surface area contributed by atoms with Crippen LogP contribution in [0.1, 0.15) is 13.8 Å². The third-order valence-electron chi connectivity index (χ3n) is 1.82. The van der Waals surface area contributed by atoms with E-state index in [-0.39, 0.29) is 5.54 Å². The zero-order valence-electron chi connectivity index (χ0n) is 8.87. The zero-order chi connectivity index (χ0) is 10.6. The van der Waals surface area contributed by atoms with Gasteiger partial charge in [-0.15, -0.1) is 0 Å². The van der Waals surface area contributed by atoms with Crippen molar-refractivity contribution in [3.8, 4) is 0 Å². The normalized spacial score (nSPS) is 11.4. The molecule has 0 aliphatic carbocycles.